The number of thiazole rings is 1. The van der Waals surface area contributed by atoms with E-state index in [1.165, 1.54) is 15.8 Å². The molecule has 0 fully saturated rings. The van der Waals surface area contributed by atoms with Crippen LogP contribution in [0.4, 0.5) is 0 Å². The second-order valence-electron chi connectivity index (χ2n) is 2.84. The Morgan fingerprint density at radius 3 is 2.58 bits per heavy atom. The lowest BCUT2D eigenvalue weighted by molar-refractivity contribution is 1.40. The van der Waals surface area contributed by atoms with Gasteiger partial charge in [0.05, 0.1) is 10.2 Å². The largest absolute Gasteiger partial charge is 0.225 e. The molecule has 2 rings (SSSR count). The van der Waals surface area contributed by atoms with Crippen LogP contribution in [0.2, 0.25) is 4.47 Å². The van der Waals surface area contributed by atoms with Crippen molar-refractivity contribution in [3.63, 3.8) is 0 Å². The molecule has 0 bridgehead atoms. The van der Waals surface area contributed by atoms with Gasteiger partial charge in [-0.1, -0.05) is 23.7 Å². The Balaban J connectivity index is 2.93. The minimum absolute atomic E-state index is 0.627. The first kappa shape index (κ1) is 8.02. The number of hydrogen-bond acceptors (Lipinski definition) is 2. The summed E-state index contributed by atoms with van der Waals surface area (Å²) in [5.74, 6) is 0. The molecule has 1 aromatic heterocycles. The van der Waals surface area contributed by atoms with Crippen molar-refractivity contribution in [1.82, 2.24) is 4.98 Å². The third-order valence-electron chi connectivity index (χ3n) is 1.92. The number of fused-ring (bicyclic) bond motifs is 1. The van der Waals surface area contributed by atoms with Crippen molar-refractivity contribution in [2.75, 3.05) is 0 Å². The van der Waals surface area contributed by atoms with E-state index in [4.69, 9.17) is 11.6 Å². The molecular formula is C9H8ClNS. The number of halogens is 1. The number of aromatic nitrogens is 1. The molecule has 12 heavy (non-hydrogen) atoms. The van der Waals surface area contributed by atoms with Crippen molar-refractivity contribution in [3.8, 4) is 0 Å². The van der Waals surface area contributed by atoms with Gasteiger partial charge in [0, 0.05) is 0 Å². The molecule has 2 aromatic rings. The summed E-state index contributed by atoms with van der Waals surface area (Å²) in [5.41, 5.74) is 3.49. The molecular weight excluding hydrogens is 190 g/mol. The normalized spacial score (nSPS) is 10.9. The van der Waals surface area contributed by atoms with Crippen LogP contribution in [-0.2, 0) is 0 Å². The van der Waals surface area contributed by atoms with E-state index in [-0.39, 0.29) is 0 Å². The van der Waals surface area contributed by atoms with E-state index in [1.54, 1.807) is 11.3 Å². The monoisotopic (exact) mass is 197 g/mol. The fourth-order valence-electron chi connectivity index (χ4n) is 1.23. The van der Waals surface area contributed by atoms with Crippen LogP contribution in [0.3, 0.4) is 0 Å². The van der Waals surface area contributed by atoms with Gasteiger partial charge in [-0.25, -0.2) is 4.98 Å². The first-order chi connectivity index (χ1) is 5.68. The highest BCUT2D eigenvalue weighted by molar-refractivity contribution is 7.22. The Kier molecular flexibility index (Phi) is 1.81. The fraction of sp³-hybridized carbons (Fsp3) is 0.222. The fourth-order valence-corrected chi connectivity index (χ4v) is 2.39. The zero-order valence-electron chi connectivity index (χ0n) is 6.89. The second kappa shape index (κ2) is 2.71. The zero-order chi connectivity index (χ0) is 8.72. The Morgan fingerprint density at radius 2 is 1.92 bits per heavy atom. The zero-order valence-corrected chi connectivity index (χ0v) is 8.46. The number of aryl methyl sites for hydroxylation is 2. The summed E-state index contributed by atoms with van der Waals surface area (Å²) in [6.07, 6.45) is 0. The minimum atomic E-state index is 0.627. The molecule has 0 saturated heterocycles. The molecule has 1 aromatic carbocycles. The molecule has 0 aliphatic rings. The van der Waals surface area contributed by atoms with Crippen LogP contribution in [0.5, 0.6) is 0 Å². The quantitative estimate of drug-likeness (QED) is 0.629. The molecule has 0 saturated carbocycles. The van der Waals surface area contributed by atoms with Gasteiger partial charge < -0.3 is 0 Å². The third kappa shape index (κ3) is 1.11. The highest BCUT2D eigenvalue weighted by Crippen LogP contribution is 2.30. The molecule has 0 amide bonds. The van der Waals surface area contributed by atoms with Crippen LogP contribution in [0.25, 0.3) is 10.2 Å². The Labute approximate surface area is 80.0 Å². The van der Waals surface area contributed by atoms with E-state index < -0.39 is 0 Å². The van der Waals surface area contributed by atoms with Gasteiger partial charge in [-0.3, -0.25) is 0 Å². The van der Waals surface area contributed by atoms with Crippen LogP contribution in [0.15, 0.2) is 12.1 Å². The maximum atomic E-state index is 5.83. The van der Waals surface area contributed by atoms with Gasteiger partial charge in [0.2, 0.25) is 0 Å². The summed E-state index contributed by atoms with van der Waals surface area (Å²) in [7, 11) is 0. The summed E-state index contributed by atoms with van der Waals surface area (Å²) in [5, 5.41) is 0. The van der Waals surface area contributed by atoms with E-state index in [0.717, 1.165) is 5.52 Å². The van der Waals surface area contributed by atoms with Gasteiger partial charge in [-0.15, -0.1) is 11.3 Å². The van der Waals surface area contributed by atoms with E-state index in [1.807, 2.05) is 0 Å². The number of hydrogen-bond donors (Lipinski definition) is 0. The molecule has 0 N–H and O–H groups in total. The van der Waals surface area contributed by atoms with Crippen molar-refractivity contribution in [1.29, 1.82) is 0 Å². The molecule has 0 aliphatic heterocycles. The van der Waals surface area contributed by atoms with Gasteiger partial charge in [-0.05, 0) is 25.0 Å². The first-order valence-corrected chi connectivity index (χ1v) is 4.90. The predicted octanol–water partition coefficient (Wildman–Crippen LogP) is 3.57. The lowest BCUT2D eigenvalue weighted by Gasteiger charge is -1.96. The third-order valence-corrected chi connectivity index (χ3v) is 3.21. The highest BCUT2D eigenvalue weighted by atomic mass is 35.5. The molecule has 1 heterocycles. The average Bonchev–Trinajstić information content (AvgIpc) is 2.41. The van der Waals surface area contributed by atoms with Crippen LogP contribution < -0.4 is 0 Å². The van der Waals surface area contributed by atoms with Crippen LogP contribution in [0, 0.1) is 13.8 Å². The molecule has 3 heteroatoms. The lowest BCUT2D eigenvalue weighted by atomic mass is 10.1. The van der Waals surface area contributed by atoms with Gasteiger partial charge in [-0.2, -0.15) is 0 Å². The van der Waals surface area contributed by atoms with Crippen molar-refractivity contribution in [2.24, 2.45) is 0 Å². The summed E-state index contributed by atoms with van der Waals surface area (Å²) in [6.45, 7) is 4.13. The lowest BCUT2D eigenvalue weighted by Crippen LogP contribution is -1.78. The average molecular weight is 198 g/mol. The maximum absolute atomic E-state index is 5.83. The minimum Gasteiger partial charge on any atom is -0.225 e. The van der Waals surface area contributed by atoms with Crippen LogP contribution in [-0.4, -0.2) is 4.98 Å². The van der Waals surface area contributed by atoms with Gasteiger partial charge in [0.15, 0.2) is 4.47 Å². The topological polar surface area (TPSA) is 12.9 Å². The second-order valence-corrected chi connectivity index (χ2v) is 4.43. The summed E-state index contributed by atoms with van der Waals surface area (Å²) in [4.78, 5) is 4.26. The Morgan fingerprint density at radius 1 is 1.25 bits per heavy atom. The number of rotatable bonds is 0. The summed E-state index contributed by atoms with van der Waals surface area (Å²) >= 11 is 7.38. The van der Waals surface area contributed by atoms with Crippen LogP contribution in [0.1, 0.15) is 11.1 Å². The summed E-state index contributed by atoms with van der Waals surface area (Å²) in [6, 6.07) is 4.18. The Bertz CT molecular complexity index is 394. The predicted molar refractivity (Wildman–Crippen MR) is 54.1 cm³/mol. The molecule has 0 spiro atoms. The van der Waals surface area contributed by atoms with E-state index in [2.05, 4.69) is 31.0 Å². The molecule has 0 atom stereocenters. The molecule has 0 aliphatic carbocycles. The molecule has 0 unspecified atom stereocenters. The van der Waals surface area contributed by atoms with Crippen molar-refractivity contribution in [3.05, 3.63) is 27.7 Å². The van der Waals surface area contributed by atoms with Crippen molar-refractivity contribution >= 4 is 33.2 Å². The van der Waals surface area contributed by atoms with Crippen molar-refractivity contribution < 1.29 is 0 Å². The Hall–Kier alpha value is -0.600. The van der Waals surface area contributed by atoms with Crippen LogP contribution >= 0.6 is 22.9 Å². The molecule has 62 valence electrons. The first-order valence-electron chi connectivity index (χ1n) is 3.71. The molecule has 1 nitrogen and oxygen atoms in total. The summed E-state index contributed by atoms with van der Waals surface area (Å²) < 4.78 is 1.84. The van der Waals surface area contributed by atoms with Gasteiger partial charge in [0.25, 0.3) is 0 Å². The highest BCUT2D eigenvalue weighted by Gasteiger charge is 2.05. The molecule has 0 radical (unpaired) electrons. The smallest absolute Gasteiger partial charge is 0.184 e. The number of benzene rings is 1. The van der Waals surface area contributed by atoms with E-state index >= 15 is 0 Å². The maximum Gasteiger partial charge on any atom is 0.184 e. The SMILES string of the molecule is Cc1ccc(C)c2sc(Cl)nc12. The standard InChI is InChI=1S/C9H8ClNS/c1-5-3-4-6(2)8-7(5)11-9(10)12-8/h3-4H,1-2H3. The van der Waals surface area contributed by atoms with E-state index in [0.29, 0.717) is 4.47 Å². The van der Waals surface area contributed by atoms with Crippen molar-refractivity contribution in [2.45, 2.75) is 13.8 Å². The van der Waals surface area contributed by atoms with Gasteiger partial charge >= 0.3 is 0 Å². The number of nitrogens with zero attached hydrogens (tertiary/aromatic N) is 1. The van der Waals surface area contributed by atoms with E-state index in [9.17, 15) is 0 Å². The van der Waals surface area contributed by atoms with Gasteiger partial charge in [0.1, 0.15) is 0 Å².